The molecule has 94 valence electrons. The highest BCUT2D eigenvalue weighted by Gasteiger charge is 2.42. The lowest BCUT2D eigenvalue weighted by atomic mass is 9.92. The monoisotopic (exact) mass is 266 g/mol. The number of nitrogens with zero attached hydrogens (tertiary/aromatic N) is 2. The second kappa shape index (κ2) is 3.80. The van der Waals surface area contributed by atoms with E-state index in [1.54, 1.807) is 17.8 Å². The molecule has 1 aliphatic rings. The molecule has 1 heterocycles. The van der Waals surface area contributed by atoms with Crippen LogP contribution in [0.1, 0.15) is 23.2 Å². The summed E-state index contributed by atoms with van der Waals surface area (Å²) in [5.74, 6) is -0.283. The van der Waals surface area contributed by atoms with Gasteiger partial charge in [0.1, 0.15) is 11.4 Å². The molecule has 0 aliphatic heterocycles. The fraction of sp³-hybridized carbons (Fsp3) is 0.308. The van der Waals surface area contributed by atoms with Crippen LogP contribution in [0.15, 0.2) is 24.4 Å². The van der Waals surface area contributed by atoms with E-state index in [0.29, 0.717) is 23.6 Å². The van der Waals surface area contributed by atoms with Crippen LogP contribution >= 0.6 is 11.6 Å². The van der Waals surface area contributed by atoms with Crippen molar-refractivity contribution in [3.05, 3.63) is 52.1 Å². The van der Waals surface area contributed by atoms with Crippen LogP contribution < -0.4 is 0 Å². The van der Waals surface area contributed by atoms with Crippen molar-refractivity contribution in [3.63, 3.8) is 0 Å². The van der Waals surface area contributed by atoms with E-state index in [4.69, 9.17) is 11.6 Å². The highest BCUT2D eigenvalue weighted by molar-refractivity contribution is 6.31. The van der Waals surface area contributed by atoms with Crippen LogP contribution in [-0.4, -0.2) is 14.9 Å². The van der Waals surface area contributed by atoms with Crippen LogP contribution in [0.3, 0.4) is 0 Å². The van der Waals surface area contributed by atoms with Gasteiger partial charge in [0.25, 0.3) is 0 Å². The molecule has 0 saturated carbocycles. The van der Waals surface area contributed by atoms with Gasteiger partial charge in [-0.3, -0.25) is 4.68 Å². The third-order valence-electron chi connectivity index (χ3n) is 3.55. The number of aliphatic hydroxyl groups is 1. The van der Waals surface area contributed by atoms with E-state index >= 15 is 0 Å². The second-order valence-corrected chi connectivity index (χ2v) is 5.03. The van der Waals surface area contributed by atoms with Crippen molar-refractivity contribution >= 4 is 11.6 Å². The molecule has 0 bridgehead atoms. The lowest BCUT2D eigenvalue weighted by molar-refractivity contribution is 0.0741. The average molecular weight is 267 g/mol. The van der Waals surface area contributed by atoms with E-state index in [9.17, 15) is 9.50 Å². The molecule has 0 radical (unpaired) electrons. The van der Waals surface area contributed by atoms with E-state index in [0.717, 1.165) is 11.1 Å². The lowest BCUT2D eigenvalue weighted by Gasteiger charge is -2.24. The molecule has 0 saturated heterocycles. The minimum absolute atomic E-state index is 0.283. The van der Waals surface area contributed by atoms with E-state index in [1.165, 1.54) is 18.3 Å². The van der Waals surface area contributed by atoms with Gasteiger partial charge in [0.2, 0.25) is 0 Å². The molecular formula is C13H12ClFN2O. The normalized spacial score (nSPS) is 22.2. The molecule has 0 spiro atoms. The van der Waals surface area contributed by atoms with Gasteiger partial charge in [-0.05, 0) is 36.1 Å². The Balaban J connectivity index is 2.20. The first-order valence-corrected chi connectivity index (χ1v) is 6.09. The van der Waals surface area contributed by atoms with Crippen LogP contribution in [0.25, 0.3) is 0 Å². The van der Waals surface area contributed by atoms with Crippen LogP contribution in [0, 0.1) is 5.82 Å². The number of benzene rings is 1. The molecule has 3 nitrogen and oxygen atoms in total. The third-order valence-corrected chi connectivity index (χ3v) is 3.83. The summed E-state index contributed by atoms with van der Waals surface area (Å²) in [5.41, 5.74) is 0.935. The van der Waals surface area contributed by atoms with Gasteiger partial charge in [-0.2, -0.15) is 5.10 Å². The molecule has 1 aromatic heterocycles. The second-order valence-electron chi connectivity index (χ2n) is 4.63. The zero-order valence-corrected chi connectivity index (χ0v) is 10.6. The first-order valence-electron chi connectivity index (χ1n) is 5.71. The Bertz CT molecular complexity index is 606. The number of halogens is 2. The minimum Gasteiger partial charge on any atom is -0.379 e. The zero-order chi connectivity index (χ0) is 12.9. The summed E-state index contributed by atoms with van der Waals surface area (Å²) < 4.78 is 14.8. The minimum atomic E-state index is -1.18. The van der Waals surface area contributed by atoms with Crippen LogP contribution in [0.5, 0.6) is 0 Å². The first-order chi connectivity index (χ1) is 8.52. The van der Waals surface area contributed by atoms with Gasteiger partial charge in [0.15, 0.2) is 0 Å². The maximum Gasteiger partial charge on any atom is 0.133 e. The summed E-state index contributed by atoms with van der Waals surface area (Å²) in [6.45, 7) is 0. The maximum atomic E-state index is 13.2. The van der Waals surface area contributed by atoms with Crippen molar-refractivity contribution in [3.8, 4) is 0 Å². The summed E-state index contributed by atoms with van der Waals surface area (Å²) in [5, 5.41) is 15.4. The Labute approximate surface area is 109 Å². The van der Waals surface area contributed by atoms with Crippen molar-refractivity contribution in [1.82, 2.24) is 9.78 Å². The van der Waals surface area contributed by atoms with Gasteiger partial charge in [-0.15, -0.1) is 0 Å². The summed E-state index contributed by atoms with van der Waals surface area (Å²) in [7, 11) is 1.74. The Morgan fingerprint density at radius 3 is 2.94 bits per heavy atom. The van der Waals surface area contributed by atoms with E-state index in [-0.39, 0.29) is 5.82 Å². The predicted octanol–water partition coefficient (Wildman–Crippen LogP) is 2.39. The van der Waals surface area contributed by atoms with E-state index in [1.807, 2.05) is 0 Å². The highest BCUT2D eigenvalue weighted by atomic mass is 35.5. The van der Waals surface area contributed by atoms with Gasteiger partial charge in [-0.1, -0.05) is 17.7 Å². The maximum absolute atomic E-state index is 13.2. The number of hydrogen-bond acceptors (Lipinski definition) is 2. The average Bonchev–Trinajstić information content (AvgIpc) is 2.81. The quantitative estimate of drug-likeness (QED) is 0.861. The van der Waals surface area contributed by atoms with Gasteiger partial charge < -0.3 is 5.11 Å². The molecule has 1 N–H and O–H groups in total. The fourth-order valence-corrected chi connectivity index (χ4v) is 3.07. The Hall–Kier alpha value is -1.39. The SMILES string of the molecule is Cn1ncc(Cl)c1C1(O)CCc2cc(F)ccc21. The number of aryl methyl sites for hydroxylation is 2. The van der Waals surface area contributed by atoms with Crippen LogP contribution in [-0.2, 0) is 19.1 Å². The first kappa shape index (κ1) is 11.7. The predicted molar refractivity (Wildman–Crippen MR) is 65.9 cm³/mol. The number of rotatable bonds is 1. The molecule has 3 rings (SSSR count). The summed E-state index contributed by atoms with van der Waals surface area (Å²) in [6.07, 6.45) is 2.63. The molecular weight excluding hydrogens is 255 g/mol. The zero-order valence-electron chi connectivity index (χ0n) is 9.82. The molecule has 1 aromatic carbocycles. The number of hydrogen-bond donors (Lipinski definition) is 1. The number of fused-ring (bicyclic) bond motifs is 1. The lowest BCUT2D eigenvalue weighted by Crippen LogP contribution is -2.27. The largest absolute Gasteiger partial charge is 0.379 e. The molecule has 2 aromatic rings. The van der Waals surface area contributed by atoms with Crippen LogP contribution in [0.4, 0.5) is 4.39 Å². The van der Waals surface area contributed by atoms with Crippen molar-refractivity contribution in [1.29, 1.82) is 0 Å². The van der Waals surface area contributed by atoms with Crippen LogP contribution in [0.2, 0.25) is 5.02 Å². The van der Waals surface area contributed by atoms with Gasteiger partial charge >= 0.3 is 0 Å². The Kier molecular flexibility index (Phi) is 2.47. The molecule has 0 fully saturated rings. The summed E-state index contributed by atoms with van der Waals surface area (Å²) in [6, 6.07) is 4.46. The summed E-state index contributed by atoms with van der Waals surface area (Å²) in [4.78, 5) is 0. The highest BCUT2D eigenvalue weighted by Crippen LogP contribution is 2.44. The summed E-state index contributed by atoms with van der Waals surface area (Å²) >= 11 is 6.10. The van der Waals surface area contributed by atoms with Crippen molar-refractivity contribution in [2.45, 2.75) is 18.4 Å². The van der Waals surface area contributed by atoms with E-state index in [2.05, 4.69) is 5.10 Å². The van der Waals surface area contributed by atoms with Crippen molar-refractivity contribution in [2.75, 3.05) is 0 Å². The number of aromatic nitrogens is 2. The van der Waals surface area contributed by atoms with Crippen molar-refractivity contribution in [2.24, 2.45) is 7.05 Å². The Morgan fingerprint density at radius 2 is 2.28 bits per heavy atom. The molecule has 1 atom stereocenters. The standard InChI is InChI=1S/C13H12ClFN2O/c1-17-12(11(14)7-16-17)13(18)5-4-8-6-9(15)2-3-10(8)13/h2-3,6-7,18H,4-5H2,1H3. The molecule has 18 heavy (non-hydrogen) atoms. The van der Waals surface area contributed by atoms with Gasteiger partial charge in [-0.25, -0.2) is 4.39 Å². The van der Waals surface area contributed by atoms with E-state index < -0.39 is 5.60 Å². The van der Waals surface area contributed by atoms with Gasteiger partial charge in [0, 0.05) is 7.05 Å². The topological polar surface area (TPSA) is 38.0 Å². The molecule has 1 unspecified atom stereocenters. The molecule has 5 heteroatoms. The smallest absolute Gasteiger partial charge is 0.133 e. The Morgan fingerprint density at radius 1 is 1.50 bits per heavy atom. The molecule has 1 aliphatic carbocycles. The molecule has 0 amide bonds. The van der Waals surface area contributed by atoms with Gasteiger partial charge in [0.05, 0.1) is 16.9 Å². The third kappa shape index (κ3) is 1.49. The fourth-order valence-electron chi connectivity index (χ4n) is 2.74. The van der Waals surface area contributed by atoms with Crippen molar-refractivity contribution < 1.29 is 9.50 Å².